The number of carboxylic acid groups (broad SMARTS) is 1. The van der Waals surface area contributed by atoms with Crippen molar-refractivity contribution in [2.24, 2.45) is 5.92 Å². The molecule has 0 heterocycles. The van der Waals surface area contributed by atoms with E-state index in [-0.39, 0.29) is 0 Å². The van der Waals surface area contributed by atoms with Crippen molar-refractivity contribution in [1.29, 1.82) is 0 Å². The number of hydrogen-bond donors (Lipinski definition) is 2. The molecule has 0 rings (SSSR count). The molecule has 0 saturated heterocycles. The Bertz CT molecular complexity index is 162. The van der Waals surface area contributed by atoms with Gasteiger partial charge in [-0.3, -0.25) is 9.59 Å². The van der Waals surface area contributed by atoms with Gasteiger partial charge in [0.2, 0.25) is 0 Å². The number of carbonyl (C=O) groups excluding carboxylic acids is 1. The van der Waals surface area contributed by atoms with E-state index in [0.717, 1.165) is 0 Å². The van der Waals surface area contributed by atoms with Crippen LogP contribution < -0.4 is 0 Å². The van der Waals surface area contributed by atoms with E-state index in [4.69, 9.17) is 10.2 Å². The number of aliphatic hydroxyl groups excluding tert-OH is 1. The van der Waals surface area contributed by atoms with Gasteiger partial charge in [0.25, 0.3) is 0 Å². The van der Waals surface area contributed by atoms with Gasteiger partial charge >= 0.3 is 11.9 Å². The quantitative estimate of drug-likeness (QED) is 0.335. The summed E-state index contributed by atoms with van der Waals surface area (Å²) in [5.74, 6) is -3.44. The zero-order valence-electron chi connectivity index (χ0n) is 6.27. The first-order valence-corrected chi connectivity index (χ1v) is 3.06. The van der Waals surface area contributed by atoms with Gasteiger partial charge in [0.1, 0.15) is 0 Å². The number of carbonyl (C=O) groups is 2. The third-order valence-electron chi connectivity index (χ3n) is 1.01. The van der Waals surface area contributed by atoms with Gasteiger partial charge in [-0.1, -0.05) is 0 Å². The largest absolute Gasteiger partial charge is 0.481 e. The second-order valence-corrected chi connectivity index (χ2v) is 2.10. The molecule has 0 aliphatic rings. The van der Waals surface area contributed by atoms with Crippen LogP contribution in [0.15, 0.2) is 0 Å². The highest BCUT2D eigenvalue weighted by atomic mass is 16.6. The van der Waals surface area contributed by atoms with Crippen LogP contribution in [-0.4, -0.2) is 28.4 Å². The van der Waals surface area contributed by atoms with Crippen LogP contribution in [0.4, 0.5) is 0 Å². The molecule has 5 nitrogen and oxygen atoms in total. The number of carboxylic acids is 1. The number of hydrogen-bond acceptors (Lipinski definition) is 4. The summed E-state index contributed by atoms with van der Waals surface area (Å²) in [4.78, 5) is 20.8. The summed E-state index contributed by atoms with van der Waals surface area (Å²) in [5.41, 5.74) is 0. The third-order valence-corrected chi connectivity index (χ3v) is 1.01. The van der Waals surface area contributed by atoms with Crippen LogP contribution in [0.25, 0.3) is 0 Å². The van der Waals surface area contributed by atoms with E-state index in [1.807, 2.05) is 0 Å². The summed E-state index contributed by atoms with van der Waals surface area (Å²) in [5, 5.41) is 16.8. The zero-order chi connectivity index (χ0) is 9.02. The Kier molecular flexibility index (Phi) is 3.53. The molecule has 0 bridgehead atoms. The predicted octanol–water partition coefficient (Wildman–Crippen LogP) is -0.411. The van der Waals surface area contributed by atoms with Crippen LogP contribution in [0.3, 0.4) is 0 Å². The Morgan fingerprint density at radius 3 is 2.09 bits per heavy atom. The second kappa shape index (κ2) is 3.92. The number of aliphatic hydroxyl groups is 1. The molecule has 0 aromatic heterocycles. The van der Waals surface area contributed by atoms with Crippen LogP contribution in [0.1, 0.15) is 13.8 Å². The molecule has 0 aliphatic heterocycles. The zero-order valence-corrected chi connectivity index (χ0v) is 6.27. The van der Waals surface area contributed by atoms with Gasteiger partial charge in [-0.2, -0.15) is 0 Å². The second-order valence-electron chi connectivity index (χ2n) is 2.10. The van der Waals surface area contributed by atoms with Crippen LogP contribution in [0, 0.1) is 5.92 Å². The summed E-state index contributed by atoms with van der Waals surface area (Å²) in [6.07, 6.45) is -1.26. The molecule has 2 N–H and O–H groups in total. The van der Waals surface area contributed by atoms with E-state index in [1.165, 1.54) is 13.8 Å². The van der Waals surface area contributed by atoms with Gasteiger partial charge in [-0.05, 0) is 13.8 Å². The lowest BCUT2D eigenvalue weighted by Crippen LogP contribution is -2.26. The van der Waals surface area contributed by atoms with Crippen LogP contribution in [0.5, 0.6) is 0 Å². The normalized spacial score (nSPS) is 15.2. The van der Waals surface area contributed by atoms with Crippen molar-refractivity contribution in [1.82, 2.24) is 0 Å². The van der Waals surface area contributed by atoms with Gasteiger partial charge in [0.05, 0.1) is 0 Å². The lowest BCUT2D eigenvalue weighted by Gasteiger charge is -2.08. The Hall–Kier alpha value is -1.10. The van der Waals surface area contributed by atoms with Crippen molar-refractivity contribution in [2.45, 2.75) is 20.1 Å². The van der Waals surface area contributed by atoms with Crippen molar-refractivity contribution in [3.63, 3.8) is 0 Å². The molecular formula is C6H10O5. The van der Waals surface area contributed by atoms with Crippen molar-refractivity contribution >= 4 is 11.9 Å². The molecule has 0 amide bonds. The predicted molar refractivity (Wildman–Crippen MR) is 34.6 cm³/mol. The molecule has 64 valence electrons. The smallest absolute Gasteiger partial charge is 0.322 e. The first-order valence-electron chi connectivity index (χ1n) is 3.06. The molecule has 5 heteroatoms. The monoisotopic (exact) mass is 162 g/mol. The Morgan fingerprint density at radius 1 is 1.36 bits per heavy atom. The minimum atomic E-state index is -1.27. The lowest BCUT2D eigenvalue weighted by molar-refractivity contribution is -0.173. The average Bonchev–Trinajstić information content (AvgIpc) is 1.84. The third kappa shape index (κ3) is 3.57. The Morgan fingerprint density at radius 2 is 1.82 bits per heavy atom. The highest BCUT2D eigenvalue weighted by Gasteiger charge is 2.22. The van der Waals surface area contributed by atoms with E-state index in [1.54, 1.807) is 0 Å². The van der Waals surface area contributed by atoms with Crippen molar-refractivity contribution < 1.29 is 24.5 Å². The Balaban J connectivity index is 3.93. The molecular weight excluding hydrogens is 152 g/mol. The summed E-state index contributed by atoms with van der Waals surface area (Å²) < 4.78 is 4.21. The molecule has 11 heavy (non-hydrogen) atoms. The van der Waals surface area contributed by atoms with Gasteiger partial charge in [-0.25, -0.2) is 0 Å². The lowest BCUT2D eigenvalue weighted by atomic mass is 10.2. The molecule has 0 fully saturated rings. The maximum atomic E-state index is 10.6. The van der Waals surface area contributed by atoms with Crippen molar-refractivity contribution in [3.05, 3.63) is 0 Å². The molecule has 0 aromatic rings. The SMILES string of the molecule is CC(O)OC(=O)C(C)C(=O)O. The van der Waals surface area contributed by atoms with Crippen molar-refractivity contribution in [3.8, 4) is 0 Å². The molecule has 0 aliphatic carbocycles. The average molecular weight is 162 g/mol. The minimum absolute atomic E-state index is 0.937. The van der Waals surface area contributed by atoms with E-state index in [2.05, 4.69) is 4.74 Å². The fourth-order valence-corrected chi connectivity index (χ4v) is 0.371. The summed E-state index contributed by atoms with van der Waals surface area (Å²) in [6.45, 7) is 2.42. The van der Waals surface area contributed by atoms with E-state index >= 15 is 0 Å². The molecule has 0 aromatic carbocycles. The fraction of sp³-hybridized carbons (Fsp3) is 0.667. The van der Waals surface area contributed by atoms with Gasteiger partial charge in [-0.15, -0.1) is 0 Å². The molecule has 0 spiro atoms. The van der Waals surface area contributed by atoms with Gasteiger partial charge in [0, 0.05) is 0 Å². The first-order chi connectivity index (χ1) is 4.95. The molecule has 2 atom stereocenters. The highest BCUT2D eigenvalue weighted by molar-refractivity contribution is 5.93. The van der Waals surface area contributed by atoms with Crippen LogP contribution in [-0.2, 0) is 14.3 Å². The topological polar surface area (TPSA) is 83.8 Å². The minimum Gasteiger partial charge on any atom is -0.481 e. The standard InChI is InChI=1S/C6H10O5/c1-3(5(8)9)6(10)11-4(2)7/h3-4,7H,1-2H3,(H,8,9). The van der Waals surface area contributed by atoms with Crippen molar-refractivity contribution in [2.75, 3.05) is 0 Å². The van der Waals surface area contributed by atoms with Gasteiger partial charge < -0.3 is 14.9 Å². The number of ether oxygens (including phenoxy) is 1. The first kappa shape index (κ1) is 9.90. The van der Waals surface area contributed by atoms with Crippen LogP contribution >= 0.6 is 0 Å². The molecule has 0 radical (unpaired) electrons. The van der Waals surface area contributed by atoms with Gasteiger partial charge in [0.15, 0.2) is 12.2 Å². The maximum absolute atomic E-state index is 10.6. The number of rotatable bonds is 3. The summed E-state index contributed by atoms with van der Waals surface area (Å²) in [7, 11) is 0. The highest BCUT2D eigenvalue weighted by Crippen LogP contribution is 1.99. The fourth-order valence-electron chi connectivity index (χ4n) is 0.371. The molecule has 0 saturated carbocycles. The Labute approximate surface area is 63.6 Å². The van der Waals surface area contributed by atoms with E-state index < -0.39 is 24.1 Å². The number of aliphatic carboxylic acids is 1. The maximum Gasteiger partial charge on any atom is 0.322 e. The van der Waals surface area contributed by atoms with E-state index in [9.17, 15) is 9.59 Å². The summed E-state index contributed by atoms with van der Waals surface area (Å²) in [6, 6.07) is 0. The summed E-state index contributed by atoms with van der Waals surface area (Å²) >= 11 is 0. The number of esters is 1. The molecule has 2 unspecified atom stereocenters. The van der Waals surface area contributed by atoms with Crippen LogP contribution in [0.2, 0.25) is 0 Å². The van der Waals surface area contributed by atoms with E-state index in [0.29, 0.717) is 0 Å².